The average Bonchev–Trinajstić information content (AvgIpc) is 3.44. The highest BCUT2D eigenvalue weighted by molar-refractivity contribution is 8.01. The molecular weight excluding hydrogens is 721 g/mol. The second-order valence-electron chi connectivity index (χ2n) is 13.9. The molecule has 1 N–H and O–H groups in total. The third kappa shape index (κ3) is 9.50. The minimum absolute atomic E-state index is 0.0324. The van der Waals surface area contributed by atoms with Crippen LogP contribution in [-0.2, 0) is 30.8 Å². The molecule has 2 aliphatic heterocycles. The molecule has 0 aliphatic carbocycles. The van der Waals surface area contributed by atoms with Crippen molar-refractivity contribution in [3.63, 3.8) is 0 Å². The average molecular weight is 762 g/mol. The van der Waals surface area contributed by atoms with Crippen molar-refractivity contribution in [1.29, 1.82) is 0 Å². The number of halogens is 2. The summed E-state index contributed by atoms with van der Waals surface area (Å²) in [5.41, 5.74) is -1.17. The summed E-state index contributed by atoms with van der Waals surface area (Å²) in [5.74, 6) is -1.15. The van der Waals surface area contributed by atoms with Gasteiger partial charge in [0.15, 0.2) is 5.75 Å². The largest absolute Gasteiger partial charge is 0.458 e. The molecule has 51 heavy (non-hydrogen) atoms. The lowest BCUT2D eigenvalue weighted by atomic mass is 10.0. The van der Waals surface area contributed by atoms with E-state index in [4.69, 9.17) is 21.1 Å². The monoisotopic (exact) mass is 761 g/mol. The first-order chi connectivity index (χ1) is 23.9. The molecule has 2 saturated heterocycles. The Bertz CT molecular complexity index is 1850. The van der Waals surface area contributed by atoms with Crippen molar-refractivity contribution in [1.82, 2.24) is 19.5 Å². The Morgan fingerprint density at radius 3 is 2.33 bits per heavy atom. The van der Waals surface area contributed by atoms with Gasteiger partial charge in [0.2, 0.25) is 0 Å². The Labute approximate surface area is 306 Å². The molecule has 0 unspecified atom stereocenters. The fraction of sp³-hybridized carbons (Fsp3) is 0.429. The van der Waals surface area contributed by atoms with Gasteiger partial charge in [0, 0.05) is 50.1 Å². The molecule has 3 heterocycles. The molecule has 2 aliphatic rings. The summed E-state index contributed by atoms with van der Waals surface area (Å²) in [6.45, 7) is 10.5. The number of aromatic nitrogens is 1. The molecule has 0 bridgehead atoms. The van der Waals surface area contributed by atoms with Crippen molar-refractivity contribution in [2.45, 2.75) is 68.5 Å². The van der Waals surface area contributed by atoms with Gasteiger partial charge in [-0.25, -0.2) is 31.7 Å². The topological polar surface area (TPSA) is 138 Å². The second-order valence-corrected chi connectivity index (χ2v) is 17.2. The molecule has 0 radical (unpaired) electrons. The number of piperazine rings is 1. The molecule has 0 saturated carbocycles. The predicted octanol–water partition coefficient (Wildman–Crippen LogP) is 5.11. The van der Waals surface area contributed by atoms with Crippen LogP contribution < -0.4 is 15.0 Å². The minimum atomic E-state index is -4.73. The summed E-state index contributed by atoms with van der Waals surface area (Å²) < 4.78 is 54.2. The van der Waals surface area contributed by atoms with E-state index in [1.807, 2.05) is 32.0 Å². The standard InChI is InChI=1S/C35H41ClFN5O7S2/c1-34(2,3)49-32(44)27(42(31(43)30-39-35(4,5)22-50-30)51(46,47)25-12-10-24(37)11-13-25)21-23-9-14-28(26(36)20-23)48-33(45)41-18-16-40(17-19-41)29-8-6-7-15-38-29/h6-15,20,27,30,39H,16-19,21-22H2,1-5H3/t27-,30-/m0/s1. The first-order valence-corrected chi connectivity index (χ1v) is 19.2. The minimum Gasteiger partial charge on any atom is -0.458 e. The molecule has 274 valence electrons. The first kappa shape index (κ1) is 38.3. The number of amides is 2. The number of hydrogen-bond donors (Lipinski definition) is 1. The zero-order valence-electron chi connectivity index (χ0n) is 29.0. The molecule has 0 spiro atoms. The molecule has 2 amide bonds. The van der Waals surface area contributed by atoms with Crippen LogP contribution in [-0.4, -0.2) is 95.1 Å². The van der Waals surface area contributed by atoms with Gasteiger partial charge in [0.25, 0.3) is 15.9 Å². The van der Waals surface area contributed by atoms with Gasteiger partial charge >= 0.3 is 12.1 Å². The van der Waals surface area contributed by atoms with Crippen molar-refractivity contribution in [2.24, 2.45) is 0 Å². The summed E-state index contributed by atoms with van der Waals surface area (Å²) in [6, 6.07) is 12.4. The number of carbonyl (C=O) groups is 3. The zero-order valence-corrected chi connectivity index (χ0v) is 31.4. The fourth-order valence-corrected chi connectivity index (χ4v) is 8.74. The van der Waals surface area contributed by atoms with E-state index < -0.39 is 56.4 Å². The number of sulfonamides is 1. The van der Waals surface area contributed by atoms with Crippen molar-refractivity contribution < 1.29 is 36.7 Å². The smallest absolute Gasteiger partial charge is 0.415 e. The third-order valence-electron chi connectivity index (χ3n) is 8.04. The molecule has 2 fully saturated rings. The number of nitrogens with zero attached hydrogens (tertiary/aromatic N) is 4. The lowest BCUT2D eigenvalue weighted by Gasteiger charge is -2.34. The van der Waals surface area contributed by atoms with E-state index in [1.165, 1.54) is 30.0 Å². The number of nitrogens with one attached hydrogen (secondary N) is 1. The van der Waals surface area contributed by atoms with E-state index in [2.05, 4.69) is 15.2 Å². The van der Waals surface area contributed by atoms with Crippen molar-refractivity contribution >= 4 is 57.2 Å². The number of hydrogen-bond acceptors (Lipinski definition) is 11. The maximum absolute atomic E-state index is 14.2. The van der Waals surface area contributed by atoms with E-state index in [-0.39, 0.29) is 22.1 Å². The SMILES string of the molecule is CC1(C)CS[C@@H](C(=O)N([C@@H](Cc2ccc(OC(=O)N3CCN(c4ccccn4)CC3)c(Cl)c2)C(=O)OC(C)(C)C)S(=O)(=O)c2ccc(F)cc2)N1. The lowest BCUT2D eigenvalue weighted by Crippen LogP contribution is -2.56. The van der Waals surface area contributed by atoms with Crippen LogP contribution in [0.3, 0.4) is 0 Å². The quantitative estimate of drug-likeness (QED) is 0.292. The van der Waals surface area contributed by atoms with Gasteiger partial charge in [0.1, 0.15) is 28.7 Å². The number of thioether (sulfide) groups is 1. The molecule has 2 atom stereocenters. The Morgan fingerprint density at radius 2 is 1.76 bits per heavy atom. The number of ether oxygens (including phenoxy) is 2. The Balaban J connectivity index is 1.41. The Hall–Kier alpha value is -3.92. The van der Waals surface area contributed by atoms with Crippen molar-refractivity contribution in [3.05, 3.63) is 83.3 Å². The van der Waals surface area contributed by atoms with E-state index in [1.54, 1.807) is 31.9 Å². The zero-order chi connectivity index (χ0) is 37.1. The van der Waals surface area contributed by atoms with E-state index in [0.29, 0.717) is 41.8 Å². The summed E-state index contributed by atoms with van der Waals surface area (Å²) in [4.78, 5) is 48.8. The third-order valence-corrected chi connectivity index (χ3v) is 11.7. The van der Waals surface area contributed by atoms with Crippen LogP contribution in [0.25, 0.3) is 0 Å². The number of carbonyl (C=O) groups excluding carboxylic acids is 3. The molecule has 5 rings (SSSR count). The van der Waals surface area contributed by atoms with Gasteiger partial charge in [-0.1, -0.05) is 23.7 Å². The van der Waals surface area contributed by atoms with Crippen LogP contribution in [0.15, 0.2) is 71.8 Å². The van der Waals surface area contributed by atoms with Crippen molar-refractivity contribution in [2.75, 3.05) is 36.8 Å². The van der Waals surface area contributed by atoms with E-state index in [9.17, 15) is 27.2 Å². The molecule has 1 aromatic heterocycles. The number of rotatable bonds is 9. The molecule has 16 heteroatoms. The fourth-order valence-electron chi connectivity index (χ4n) is 5.56. The summed E-state index contributed by atoms with van der Waals surface area (Å²) in [5, 5.41) is 2.17. The van der Waals surface area contributed by atoms with Gasteiger partial charge in [-0.15, -0.1) is 11.8 Å². The molecule has 2 aromatic carbocycles. The van der Waals surface area contributed by atoms with Crippen LogP contribution in [0.4, 0.5) is 15.0 Å². The van der Waals surface area contributed by atoms with Crippen molar-refractivity contribution in [3.8, 4) is 5.75 Å². The van der Waals surface area contributed by atoms with Gasteiger partial charge < -0.3 is 19.3 Å². The van der Waals surface area contributed by atoms with Crippen LogP contribution in [0, 0.1) is 5.82 Å². The first-order valence-electron chi connectivity index (χ1n) is 16.3. The van der Waals surface area contributed by atoms with E-state index >= 15 is 0 Å². The van der Waals surface area contributed by atoms with Gasteiger partial charge in [-0.05, 0) is 88.7 Å². The summed E-state index contributed by atoms with van der Waals surface area (Å²) in [7, 11) is -4.73. The maximum Gasteiger partial charge on any atom is 0.415 e. The number of pyridine rings is 1. The molecular formula is C35H41ClFN5O7S2. The number of esters is 1. The Morgan fingerprint density at radius 1 is 1.08 bits per heavy atom. The normalized spacial score (nSPS) is 18.2. The van der Waals surface area contributed by atoms with Gasteiger partial charge in [0.05, 0.1) is 9.92 Å². The lowest BCUT2D eigenvalue weighted by molar-refractivity contribution is -0.161. The second kappa shape index (κ2) is 15.4. The highest BCUT2D eigenvalue weighted by Crippen LogP contribution is 2.33. The Kier molecular flexibility index (Phi) is 11.5. The molecule has 12 nitrogen and oxygen atoms in total. The number of anilines is 1. The highest BCUT2D eigenvalue weighted by atomic mass is 35.5. The predicted molar refractivity (Wildman–Crippen MR) is 193 cm³/mol. The van der Waals surface area contributed by atoms with Crippen LogP contribution >= 0.6 is 23.4 Å². The van der Waals surface area contributed by atoms with Crippen LogP contribution in [0.5, 0.6) is 5.75 Å². The van der Waals surface area contributed by atoms with E-state index in [0.717, 1.165) is 30.1 Å². The van der Waals surface area contributed by atoms with Crippen LogP contribution in [0.2, 0.25) is 5.02 Å². The highest BCUT2D eigenvalue weighted by Gasteiger charge is 2.47. The van der Waals surface area contributed by atoms with Gasteiger partial charge in [-0.2, -0.15) is 0 Å². The molecule has 3 aromatic rings. The number of benzene rings is 2. The van der Waals surface area contributed by atoms with Gasteiger partial charge in [-0.3, -0.25) is 10.1 Å². The summed E-state index contributed by atoms with van der Waals surface area (Å²) >= 11 is 7.80. The summed E-state index contributed by atoms with van der Waals surface area (Å²) in [6.07, 6.45) is 0.790. The maximum atomic E-state index is 14.2. The van der Waals surface area contributed by atoms with Crippen LogP contribution in [0.1, 0.15) is 40.2 Å².